The summed E-state index contributed by atoms with van der Waals surface area (Å²) in [7, 11) is 1.78. The molecule has 0 unspecified atom stereocenters. The molecule has 3 aromatic rings. The second kappa shape index (κ2) is 11.0. The monoisotopic (exact) mass is 420 g/mol. The van der Waals surface area contributed by atoms with Crippen LogP contribution in [0.5, 0.6) is 5.75 Å². The highest BCUT2D eigenvalue weighted by molar-refractivity contribution is 5.96. The van der Waals surface area contributed by atoms with Gasteiger partial charge in [-0.25, -0.2) is 4.68 Å². The van der Waals surface area contributed by atoms with E-state index in [0.717, 1.165) is 11.3 Å². The van der Waals surface area contributed by atoms with Gasteiger partial charge >= 0.3 is 0 Å². The normalized spacial score (nSPS) is 10.5. The molecule has 1 N–H and O–H groups in total. The number of hydrogen-bond acceptors (Lipinski definition) is 4. The largest absolute Gasteiger partial charge is 0.493 e. The van der Waals surface area contributed by atoms with Crippen LogP contribution < -0.4 is 10.1 Å². The molecule has 0 saturated heterocycles. The highest BCUT2D eigenvalue weighted by Crippen LogP contribution is 2.17. The zero-order chi connectivity index (χ0) is 22.1. The summed E-state index contributed by atoms with van der Waals surface area (Å²) in [6.45, 7) is 3.28. The standard InChI is InChI=1S/C24H28N4O3/c1-3-31-22-13-8-7-12-21(22)24(30)25-15-9-14-23(29)27(2)17-19-16-26-28(18-19)20-10-5-4-6-11-20/h4-8,10-13,16,18H,3,9,14-15,17H2,1-2H3,(H,25,30). The minimum atomic E-state index is -0.196. The number of aromatic nitrogens is 2. The van der Waals surface area contributed by atoms with Gasteiger partial charge in [-0.1, -0.05) is 30.3 Å². The van der Waals surface area contributed by atoms with Crippen molar-refractivity contribution < 1.29 is 14.3 Å². The molecule has 31 heavy (non-hydrogen) atoms. The number of benzene rings is 2. The fourth-order valence-electron chi connectivity index (χ4n) is 3.19. The molecule has 0 atom stereocenters. The Hall–Kier alpha value is -3.61. The van der Waals surface area contributed by atoms with Crippen LogP contribution in [0.25, 0.3) is 5.69 Å². The van der Waals surface area contributed by atoms with Crippen LogP contribution in [0.15, 0.2) is 67.0 Å². The van der Waals surface area contributed by atoms with Crippen molar-refractivity contribution in [1.29, 1.82) is 0 Å². The predicted octanol–water partition coefficient (Wildman–Crippen LogP) is 3.44. The third-order valence-corrected chi connectivity index (χ3v) is 4.79. The number of carbonyl (C=O) groups excluding carboxylic acids is 2. The summed E-state index contributed by atoms with van der Waals surface area (Å²) in [6, 6.07) is 17.0. The lowest BCUT2D eigenvalue weighted by atomic mass is 10.2. The van der Waals surface area contributed by atoms with Crippen molar-refractivity contribution in [1.82, 2.24) is 20.0 Å². The Morgan fingerprint density at radius 2 is 1.84 bits per heavy atom. The smallest absolute Gasteiger partial charge is 0.255 e. The lowest BCUT2D eigenvalue weighted by Crippen LogP contribution is -2.29. The van der Waals surface area contributed by atoms with E-state index in [-0.39, 0.29) is 11.8 Å². The van der Waals surface area contributed by atoms with Gasteiger partial charge in [0.15, 0.2) is 0 Å². The minimum absolute atomic E-state index is 0.0245. The van der Waals surface area contributed by atoms with E-state index < -0.39 is 0 Å². The highest BCUT2D eigenvalue weighted by Gasteiger charge is 2.13. The van der Waals surface area contributed by atoms with E-state index in [0.29, 0.717) is 43.9 Å². The third kappa shape index (κ3) is 6.18. The molecule has 0 spiro atoms. The fraction of sp³-hybridized carbons (Fsp3) is 0.292. The van der Waals surface area contributed by atoms with E-state index in [1.54, 1.807) is 41.0 Å². The second-order valence-electron chi connectivity index (χ2n) is 7.17. The van der Waals surface area contributed by atoms with Crippen LogP contribution in [0.1, 0.15) is 35.7 Å². The summed E-state index contributed by atoms with van der Waals surface area (Å²) in [5, 5.41) is 7.22. The Morgan fingerprint density at radius 3 is 2.61 bits per heavy atom. The van der Waals surface area contributed by atoms with Gasteiger partial charge < -0.3 is 15.0 Å². The minimum Gasteiger partial charge on any atom is -0.493 e. The molecule has 1 aromatic heterocycles. The van der Waals surface area contributed by atoms with Crippen LogP contribution in [-0.2, 0) is 11.3 Å². The topological polar surface area (TPSA) is 76.5 Å². The maximum absolute atomic E-state index is 12.4. The molecule has 0 fully saturated rings. The summed E-state index contributed by atoms with van der Waals surface area (Å²) in [5.41, 5.74) is 2.44. The maximum atomic E-state index is 12.4. The zero-order valence-corrected chi connectivity index (χ0v) is 18.0. The Bertz CT molecular complexity index is 1000. The summed E-state index contributed by atoms with van der Waals surface area (Å²) in [4.78, 5) is 26.5. The summed E-state index contributed by atoms with van der Waals surface area (Å²) >= 11 is 0. The first-order chi connectivity index (χ1) is 15.1. The number of amides is 2. The summed E-state index contributed by atoms with van der Waals surface area (Å²) in [5.74, 6) is 0.393. The van der Waals surface area contributed by atoms with Gasteiger partial charge in [-0.15, -0.1) is 0 Å². The number of para-hydroxylation sites is 2. The Morgan fingerprint density at radius 1 is 1.10 bits per heavy atom. The molecular weight excluding hydrogens is 392 g/mol. The van der Waals surface area contributed by atoms with E-state index in [2.05, 4.69) is 10.4 Å². The zero-order valence-electron chi connectivity index (χ0n) is 18.0. The predicted molar refractivity (Wildman–Crippen MR) is 119 cm³/mol. The van der Waals surface area contributed by atoms with E-state index in [1.165, 1.54) is 0 Å². The lowest BCUT2D eigenvalue weighted by Gasteiger charge is -2.16. The first-order valence-electron chi connectivity index (χ1n) is 10.4. The van der Waals surface area contributed by atoms with E-state index >= 15 is 0 Å². The van der Waals surface area contributed by atoms with Gasteiger partial charge in [0, 0.05) is 38.3 Å². The molecule has 0 aliphatic rings. The molecule has 7 nitrogen and oxygen atoms in total. The lowest BCUT2D eigenvalue weighted by molar-refractivity contribution is -0.130. The van der Waals surface area contributed by atoms with E-state index in [4.69, 9.17) is 4.74 Å². The molecule has 0 aliphatic heterocycles. The maximum Gasteiger partial charge on any atom is 0.255 e. The van der Waals surface area contributed by atoms with Crippen molar-refractivity contribution >= 4 is 11.8 Å². The first-order valence-corrected chi connectivity index (χ1v) is 10.4. The molecule has 7 heteroatoms. The van der Waals surface area contributed by atoms with Crippen molar-refractivity contribution in [3.8, 4) is 11.4 Å². The molecule has 3 rings (SSSR count). The van der Waals surface area contributed by atoms with Gasteiger partial charge in [-0.2, -0.15) is 5.10 Å². The Labute approximate surface area is 182 Å². The highest BCUT2D eigenvalue weighted by atomic mass is 16.5. The first kappa shape index (κ1) is 22.1. The quantitative estimate of drug-likeness (QED) is 0.510. The van der Waals surface area contributed by atoms with Crippen LogP contribution in [-0.4, -0.2) is 46.7 Å². The molecular formula is C24H28N4O3. The number of hydrogen-bond donors (Lipinski definition) is 1. The van der Waals surface area contributed by atoms with Gasteiger partial charge in [-0.05, 0) is 37.6 Å². The number of rotatable bonds is 10. The van der Waals surface area contributed by atoms with Gasteiger partial charge in [-0.3, -0.25) is 9.59 Å². The molecule has 1 heterocycles. The van der Waals surface area contributed by atoms with Crippen molar-refractivity contribution in [2.75, 3.05) is 20.2 Å². The Kier molecular flexibility index (Phi) is 7.81. The molecule has 2 aromatic carbocycles. The van der Waals surface area contributed by atoms with Gasteiger partial charge in [0.2, 0.25) is 5.91 Å². The van der Waals surface area contributed by atoms with Gasteiger partial charge in [0.05, 0.1) is 24.1 Å². The molecule has 162 valence electrons. The van der Waals surface area contributed by atoms with Crippen molar-refractivity contribution in [3.63, 3.8) is 0 Å². The van der Waals surface area contributed by atoms with E-state index in [9.17, 15) is 9.59 Å². The average molecular weight is 421 g/mol. The van der Waals surface area contributed by atoms with Crippen molar-refractivity contribution in [2.45, 2.75) is 26.3 Å². The molecule has 0 bridgehead atoms. The van der Waals surface area contributed by atoms with Crippen LogP contribution in [0.2, 0.25) is 0 Å². The molecule has 0 saturated carbocycles. The average Bonchev–Trinajstić information content (AvgIpc) is 3.26. The molecule has 0 radical (unpaired) electrons. The van der Waals surface area contributed by atoms with Gasteiger partial charge in [0.25, 0.3) is 5.91 Å². The third-order valence-electron chi connectivity index (χ3n) is 4.79. The van der Waals surface area contributed by atoms with Crippen LogP contribution in [0.3, 0.4) is 0 Å². The number of carbonyl (C=O) groups is 2. The number of nitrogens with one attached hydrogen (secondary N) is 1. The molecule has 2 amide bonds. The summed E-state index contributed by atoms with van der Waals surface area (Å²) < 4.78 is 7.29. The number of nitrogens with zero attached hydrogens (tertiary/aromatic N) is 3. The van der Waals surface area contributed by atoms with Crippen molar-refractivity contribution in [3.05, 3.63) is 78.1 Å². The van der Waals surface area contributed by atoms with Crippen LogP contribution in [0.4, 0.5) is 0 Å². The van der Waals surface area contributed by atoms with Gasteiger partial charge in [0.1, 0.15) is 5.75 Å². The van der Waals surface area contributed by atoms with Crippen LogP contribution in [0, 0.1) is 0 Å². The van der Waals surface area contributed by atoms with Crippen molar-refractivity contribution in [2.24, 2.45) is 0 Å². The fourth-order valence-corrected chi connectivity index (χ4v) is 3.19. The van der Waals surface area contributed by atoms with Crippen LogP contribution >= 0.6 is 0 Å². The second-order valence-corrected chi connectivity index (χ2v) is 7.17. The Balaban J connectivity index is 1.43. The summed E-state index contributed by atoms with van der Waals surface area (Å²) in [6.07, 6.45) is 4.62. The molecule has 0 aliphatic carbocycles. The van der Waals surface area contributed by atoms with E-state index in [1.807, 2.05) is 49.5 Å². The number of ether oxygens (including phenoxy) is 1. The SMILES string of the molecule is CCOc1ccccc1C(=O)NCCCC(=O)N(C)Cc1cnn(-c2ccccc2)c1.